The van der Waals surface area contributed by atoms with Crippen LogP contribution in [0.25, 0.3) is 0 Å². The van der Waals surface area contributed by atoms with Gasteiger partial charge in [0, 0.05) is 17.5 Å². The average Bonchev–Trinajstić information content (AvgIpc) is 2.86. The Kier molecular flexibility index (Phi) is 5.15. The van der Waals surface area contributed by atoms with E-state index in [0.717, 1.165) is 22.9 Å². The number of aromatic nitrogens is 1. The monoisotopic (exact) mass is 290 g/mol. The summed E-state index contributed by atoms with van der Waals surface area (Å²) in [6.45, 7) is 6.40. The van der Waals surface area contributed by atoms with Crippen LogP contribution in [0.1, 0.15) is 36.2 Å². The number of hydrogen-bond donors (Lipinski definition) is 1. The van der Waals surface area contributed by atoms with Crippen LogP contribution in [0.15, 0.2) is 29.6 Å². The smallest absolute Gasteiger partial charge is 0.122 e. The maximum atomic E-state index is 5.40. The van der Waals surface area contributed by atoms with Gasteiger partial charge in [-0.25, -0.2) is 4.98 Å². The van der Waals surface area contributed by atoms with Crippen LogP contribution in [-0.2, 0) is 6.42 Å². The molecule has 2 rings (SSSR count). The Bertz CT molecular complexity index is 553. The molecule has 1 N–H and O–H groups in total. The highest BCUT2D eigenvalue weighted by atomic mass is 32.1. The van der Waals surface area contributed by atoms with Crippen molar-refractivity contribution >= 4 is 11.3 Å². The number of rotatable bonds is 6. The van der Waals surface area contributed by atoms with E-state index >= 15 is 0 Å². The molecule has 2 aromatic rings. The van der Waals surface area contributed by atoms with E-state index in [-0.39, 0.29) is 6.04 Å². The summed E-state index contributed by atoms with van der Waals surface area (Å²) in [5.74, 6) is 0.957. The first-order valence-electron chi connectivity index (χ1n) is 6.90. The molecule has 2 unspecified atom stereocenters. The lowest BCUT2D eigenvalue weighted by molar-refractivity contribution is 0.403. The highest BCUT2D eigenvalue weighted by molar-refractivity contribution is 7.09. The van der Waals surface area contributed by atoms with Crippen molar-refractivity contribution in [3.63, 3.8) is 0 Å². The summed E-state index contributed by atoms with van der Waals surface area (Å²) in [6.07, 6.45) is 0.942. The summed E-state index contributed by atoms with van der Waals surface area (Å²) in [4.78, 5) is 4.54. The Morgan fingerprint density at radius 1 is 1.30 bits per heavy atom. The molecule has 0 bridgehead atoms. The first kappa shape index (κ1) is 15.0. The van der Waals surface area contributed by atoms with Gasteiger partial charge >= 0.3 is 0 Å². The van der Waals surface area contributed by atoms with Crippen LogP contribution in [0.4, 0.5) is 0 Å². The molecule has 0 aliphatic heterocycles. The lowest BCUT2D eigenvalue weighted by Gasteiger charge is -2.19. The highest BCUT2D eigenvalue weighted by Gasteiger charge is 2.13. The Hall–Kier alpha value is -1.39. The van der Waals surface area contributed by atoms with Crippen LogP contribution in [0.5, 0.6) is 5.75 Å². The molecule has 1 aromatic heterocycles. The molecule has 4 heteroatoms. The third-order valence-electron chi connectivity index (χ3n) is 3.33. The fourth-order valence-corrected chi connectivity index (χ4v) is 3.06. The van der Waals surface area contributed by atoms with Gasteiger partial charge in [-0.1, -0.05) is 18.2 Å². The molecule has 0 spiro atoms. The van der Waals surface area contributed by atoms with Crippen LogP contribution in [0, 0.1) is 6.92 Å². The predicted octanol–water partition coefficient (Wildman–Crippen LogP) is 3.74. The zero-order chi connectivity index (χ0) is 14.5. The number of aryl methyl sites for hydroxylation is 1. The lowest BCUT2D eigenvalue weighted by Crippen LogP contribution is -2.31. The molecule has 1 aromatic carbocycles. The van der Waals surface area contributed by atoms with E-state index in [1.807, 2.05) is 19.1 Å². The number of hydrogen-bond acceptors (Lipinski definition) is 4. The largest absolute Gasteiger partial charge is 0.496 e. The van der Waals surface area contributed by atoms with Crippen molar-refractivity contribution in [2.75, 3.05) is 7.11 Å². The number of thiazole rings is 1. The first-order valence-corrected chi connectivity index (χ1v) is 7.78. The van der Waals surface area contributed by atoms with Crippen molar-refractivity contribution in [2.45, 2.75) is 39.3 Å². The van der Waals surface area contributed by atoms with Gasteiger partial charge in [-0.05, 0) is 38.8 Å². The molecule has 0 aliphatic carbocycles. The van der Waals surface area contributed by atoms with Crippen molar-refractivity contribution in [3.05, 3.63) is 45.9 Å². The molecule has 0 saturated carbocycles. The van der Waals surface area contributed by atoms with Crippen LogP contribution in [0.3, 0.4) is 0 Å². The first-order chi connectivity index (χ1) is 9.60. The fraction of sp³-hybridized carbons (Fsp3) is 0.438. The van der Waals surface area contributed by atoms with Gasteiger partial charge in [-0.15, -0.1) is 11.3 Å². The Balaban J connectivity index is 1.96. The average molecular weight is 290 g/mol. The summed E-state index contributed by atoms with van der Waals surface area (Å²) in [6, 6.07) is 8.82. The van der Waals surface area contributed by atoms with Gasteiger partial charge in [0.2, 0.25) is 0 Å². The van der Waals surface area contributed by atoms with E-state index in [4.69, 9.17) is 4.74 Å². The standard InChI is InChI=1S/C16H22N2OS/c1-11(9-14-7-5-6-8-16(14)19-4)17-12(2)15-10-20-13(3)18-15/h5-8,10-12,17H,9H2,1-4H3. The van der Waals surface area contributed by atoms with Crippen LogP contribution in [-0.4, -0.2) is 18.1 Å². The number of nitrogens with zero attached hydrogens (tertiary/aromatic N) is 1. The van der Waals surface area contributed by atoms with E-state index in [9.17, 15) is 0 Å². The molecular formula is C16H22N2OS. The zero-order valence-corrected chi connectivity index (χ0v) is 13.3. The second-order valence-corrected chi connectivity index (χ2v) is 6.16. The molecule has 0 aliphatic rings. The fourth-order valence-electron chi connectivity index (χ4n) is 2.35. The van der Waals surface area contributed by atoms with Crippen LogP contribution in [0.2, 0.25) is 0 Å². The van der Waals surface area contributed by atoms with Gasteiger partial charge in [0.15, 0.2) is 0 Å². The minimum Gasteiger partial charge on any atom is -0.496 e. The Morgan fingerprint density at radius 2 is 2.05 bits per heavy atom. The Morgan fingerprint density at radius 3 is 2.70 bits per heavy atom. The minimum atomic E-state index is 0.268. The van der Waals surface area contributed by atoms with E-state index in [1.54, 1.807) is 18.4 Å². The molecule has 0 radical (unpaired) electrons. The topological polar surface area (TPSA) is 34.1 Å². The second kappa shape index (κ2) is 6.86. The summed E-state index contributed by atoms with van der Waals surface area (Å²) in [5.41, 5.74) is 2.36. The van der Waals surface area contributed by atoms with Crippen LogP contribution >= 0.6 is 11.3 Å². The molecule has 3 nitrogen and oxygen atoms in total. The third-order valence-corrected chi connectivity index (χ3v) is 4.13. The third kappa shape index (κ3) is 3.81. The molecule has 2 atom stereocenters. The summed E-state index contributed by atoms with van der Waals surface area (Å²) in [7, 11) is 1.72. The molecule has 0 amide bonds. The zero-order valence-electron chi connectivity index (χ0n) is 12.5. The lowest BCUT2D eigenvalue weighted by atomic mass is 10.0. The number of nitrogens with one attached hydrogen (secondary N) is 1. The second-order valence-electron chi connectivity index (χ2n) is 5.10. The molecule has 20 heavy (non-hydrogen) atoms. The quantitative estimate of drug-likeness (QED) is 0.880. The summed E-state index contributed by atoms with van der Waals surface area (Å²) in [5, 5.41) is 6.84. The highest BCUT2D eigenvalue weighted by Crippen LogP contribution is 2.21. The van der Waals surface area contributed by atoms with E-state index in [2.05, 4.69) is 41.7 Å². The molecule has 108 valence electrons. The van der Waals surface area contributed by atoms with E-state index in [0.29, 0.717) is 6.04 Å². The number of methoxy groups -OCH3 is 1. The van der Waals surface area contributed by atoms with Crippen molar-refractivity contribution < 1.29 is 4.74 Å². The molecular weight excluding hydrogens is 268 g/mol. The normalized spacial score (nSPS) is 14.0. The number of benzene rings is 1. The van der Waals surface area contributed by atoms with Gasteiger partial charge in [-0.3, -0.25) is 0 Å². The molecule has 0 fully saturated rings. The van der Waals surface area contributed by atoms with Gasteiger partial charge in [0.1, 0.15) is 5.75 Å². The van der Waals surface area contributed by atoms with Crippen LogP contribution < -0.4 is 10.1 Å². The van der Waals surface area contributed by atoms with Crippen molar-refractivity contribution in [2.24, 2.45) is 0 Å². The summed E-state index contributed by atoms with van der Waals surface area (Å²) < 4.78 is 5.40. The maximum absolute atomic E-state index is 5.40. The number of ether oxygens (including phenoxy) is 1. The van der Waals surface area contributed by atoms with Crippen molar-refractivity contribution in [1.29, 1.82) is 0 Å². The van der Waals surface area contributed by atoms with Gasteiger partial charge < -0.3 is 10.1 Å². The summed E-state index contributed by atoms with van der Waals surface area (Å²) >= 11 is 1.70. The maximum Gasteiger partial charge on any atom is 0.122 e. The van der Waals surface area contributed by atoms with Crippen molar-refractivity contribution in [3.8, 4) is 5.75 Å². The van der Waals surface area contributed by atoms with Gasteiger partial charge in [0.25, 0.3) is 0 Å². The SMILES string of the molecule is COc1ccccc1CC(C)NC(C)c1csc(C)n1. The Labute approximate surface area is 125 Å². The molecule has 0 saturated heterocycles. The van der Waals surface area contributed by atoms with Gasteiger partial charge in [0.05, 0.1) is 17.8 Å². The molecule has 1 heterocycles. The van der Waals surface area contributed by atoms with Crippen molar-refractivity contribution in [1.82, 2.24) is 10.3 Å². The minimum absolute atomic E-state index is 0.268. The van der Waals surface area contributed by atoms with E-state index in [1.165, 1.54) is 5.56 Å². The predicted molar refractivity (Wildman–Crippen MR) is 84.6 cm³/mol. The van der Waals surface area contributed by atoms with Gasteiger partial charge in [-0.2, -0.15) is 0 Å². The van der Waals surface area contributed by atoms with E-state index < -0.39 is 0 Å². The number of para-hydroxylation sites is 1.